The van der Waals surface area contributed by atoms with E-state index in [-0.39, 0.29) is 17.3 Å². The Morgan fingerprint density at radius 2 is 2.19 bits per heavy atom. The summed E-state index contributed by atoms with van der Waals surface area (Å²) in [6, 6.07) is 4.68. The molecular weight excluding hydrogens is 290 g/mol. The number of rotatable bonds is 6. The van der Waals surface area contributed by atoms with E-state index in [4.69, 9.17) is 9.84 Å². The molecule has 1 fully saturated rings. The van der Waals surface area contributed by atoms with E-state index in [0.29, 0.717) is 18.0 Å². The van der Waals surface area contributed by atoms with Crippen LogP contribution in [0.15, 0.2) is 23.1 Å². The molecule has 1 aliphatic rings. The van der Waals surface area contributed by atoms with Crippen LogP contribution in [0.4, 0.5) is 0 Å². The van der Waals surface area contributed by atoms with Crippen molar-refractivity contribution in [3.8, 4) is 17.6 Å². The SMILES string of the molecule is COc1ccc(C#CCO)cc1S(=O)(=O)NCCC1CC1. The monoisotopic (exact) mass is 309 g/mol. The topological polar surface area (TPSA) is 75.6 Å². The summed E-state index contributed by atoms with van der Waals surface area (Å²) >= 11 is 0. The van der Waals surface area contributed by atoms with Crippen LogP contribution >= 0.6 is 0 Å². The summed E-state index contributed by atoms with van der Waals surface area (Å²) in [6.07, 6.45) is 3.25. The highest BCUT2D eigenvalue weighted by Crippen LogP contribution is 2.32. The van der Waals surface area contributed by atoms with Crippen molar-refractivity contribution in [3.63, 3.8) is 0 Å². The Hall–Kier alpha value is -1.55. The highest BCUT2D eigenvalue weighted by molar-refractivity contribution is 7.89. The number of hydrogen-bond acceptors (Lipinski definition) is 4. The number of benzene rings is 1. The minimum absolute atomic E-state index is 0.0746. The van der Waals surface area contributed by atoms with Gasteiger partial charge in [0.05, 0.1) is 7.11 Å². The van der Waals surface area contributed by atoms with E-state index in [1.807, 2.05) is 0 Å². The summed E-state index contributed by atoms with van der Waals surface area (Å²) in [5.74, 6) is 6.14. The van der Waals surface area contributed by atoms with Crippen LogP contribution in [0.5, 0.6) is 5.75 Å². The van der Waals surface area contributed by atoms with Crippen molar-refractivity contribution < 1.29 is 18.3 Å². The lowest BCUT2D eigenvalue weighted by molar-refractivity contribution is 0.350. The molecule has 0 radical (unpaired) electrons. The Balaban J connectivity index is 2.20. The number of nitrogens with one attached hydrogen (secondary N) is 1. The van der Waals surface area contributed by atoms with Crippen molar-refractivity contribution in [3.05, 3.63) is 23.8 Å². The molecule has 0 bridgehead atoms. The molecule has 0 atom stereocenters. The standard InChI is InChI=1S/C15H19NO4S/c1-20-14-7-6-13(3-2-10-17)11-15(14)21(18,19)16-9-8-12-4-5-12/h6-7,11-12,16-17H,4-5,8-10H2,1H3. The van der Waals surface area contributed by atoms with Gasteiger partial charge in [0.1, 0.15) is 17.3 Å². The molecule has 1 saturated carbocycles. The number of aliphatic hydroxyl groups excluding tert-OH is 1. The zero-order valence-electron chi connectivity index (χ0n) is 11.9. The molecule has 1 aromatic rings. The predicted octanol–water partition coefficient (Wildman–Crippen LogP) is 1.12. The van der Waals surface area contributed by atoms with Crippen molar-refractivity contribution in [2.24, 2.45) is 5.92 Å². The zero-order chi connectivity index (χ0) is 15.3. The van der Waals surface area contributed by atoms with Gasteiger partial charge in [-0.1, -0.05) is 24.7 Å². The number of ether oxygens (including phenoxy) is 1. The summed E-state index contributed by atoms with van der Waals surface area (Å²) < 4.78 is 32.4. The quantitative estimate of drug-likeness (QED) is 0.772. The molecule has 114 valence electrons. The minimum Gasteiger partial charge on any atom is -0.495 e. The molecular formula is C15H19NO4S. The summed E-state index contributed by atoms with van der Waals surface area (Å²) in [6.45, 7) is 0.163. The average Bonchev–Trinajstić information content (AvgIpc) is 3.29. The van der Waals surface area contributed by atoms with E-state index in [0.717, 1.165) is 6.42 Å². The second kappa shape index (κ2) is 6.94. The molecule has 21 heavy (non-hydrogen) atoms. The van der Waals surface area contributed by atoms with Crippen molar-refractivity contribution in [1.29, 1.82) is 0 Å². The third-order valence-corrected chi connectivity index (χ3v) is 4.79. The van der Waals surface area contributed by atoms with Gasteiger partial charge in [0, 0.05) is 12.1 Å². The highest BCUT2D eigenvalue weighted by atomic mass is 32.2. The van der Waals surface area contributed by atoms with Gasteiger partial charge in [0.25, 0.3) is 0 Å². The molecule has 1 aromatic carbocycles. The van der Waals surface area contributed by atoms with Crippen LogP contribution in [0.2, 0.25) is 0 Å². The molecule has 6 heteroatoms. The van der Waals surface area contributed by atoms with Crippen LogP contribution in [-0.4, -0.2) is 33.8 Å². The van der Waals surface area contributed by atoms with Gasteiger partial charge in [0.15, 0.2) is 0 Å². The van der Waals surface area contributed by atoms with Crippen LogP contribution in [0, 0.1) is 17.8 Å². The van der Waals surface area contributed by atoms with E-state index in [9.17, 15) is 8.42 Å². The summed E-state index contributed by atoms with van der Waals surface area (Å²) in [4.78, 5) is 0.0746. The first-order chi connectivity index (χ1) is 10.1. The molecule has 0 spiro atoms. The summed E-state index contributed by atoms with van der Waals surface area (Å²) in [7, 11) is -2.20. The van der Waals surface area contributed by atoms with Crippen molar-refractivity contribution in [1.82, 2.24) is 4.72 Å². The first-order valence-electron chi connectivity index (χ1n) is 6.84. The molecule has 0 unspecified atom stereocenters. The number of aliphatic hydroxyl groups is 1. The predicted molar refractivity (Wildman–Crippen MR) is 79.5 cm³/mol. The number of methoxy groups -OCH3 is 1. The van der Waals surface area contributed by atoms with Gasteiger partial charge in [0.2, 0.25) is 10.0 Å². The van der Waals surface area contributed by atoms with E-state index in [2.05, 4.69) is 16.6 Å². The zero-order valence-corrected chi connectivity index (χ0v) is 12.7. The van der Waals surface area contributed by atoms with Crippen molar-refractivity contribution in [2.75, 3.05) is 20.3 Å². The number of sulfonamides is 1. The lowest BCUT2D eigenvalue weighted by atomic mass is 10.2. The summed E-state index contributed by atoms with van der Waals surface area (Å²) in [5, 5.41) is 8.70. The molecule has 0 aromatic heterocycles. The molecule has 2 N–H and O–H groups in total. The molecule has 0 saturated heterocycles. The van der Waals surface area contributed by atoms with Gasteiger partial charge in [-0.05, 0) is 30.5 Å². The summed E-state index contributed by atoms with van der Waals surface area (Å²) in [5.41, 5.74) is 0.521. The van der Waals surface area contributed by atoms with E-state index >= 15 is 0 Å². The van der Waals surface area contributed by atoms with Crippen LogP contribution in [0.25, 0.3) is 0 Å². The van der Waals surface area contributed by atoms with Crippen molar-refractivity contribution >= 4 is 10.0 Å². The first-order valence-corrected chi connectivity index (χ1v) is 8.32. The van der Waals surface area contributed by atoms with Gasteiger partial charge in [-0.15, -0.1) is 0 Å². The maximum absolute atomic E-state index is 12.4. The second-order valence-corrected chi connectivity index (χ2v) is 6.69. The van der Waals surface area contributed by atoms with Crippen LogP contribution in [0.1, 0.15) is 24.8 Å². The maximum atomic E-state index is 12.4. The van der Waals surface area contributed by atoms with E-state index in [1.54, 1.807) is 12.1 Å². The molecule has 0 aliphatic heterocycles. The van der Waals surface area contributed by atoms with Gasteiger partial charge in [-0.25, -0.2) is 13.1 Å². The third kappa shape index (κ3) is 4.46. The van der Waals surface area contributed by atoms with Gasteiger partial charge in [-0.3, -0.25) is 0 Å². The Morgan fingerprint density at radius 3 is 2.81 bits per heavy atom. The Morgan fingerprint density at radius 1 is 1.43 bits per heavy atom. The lowest BCUT2D eigenvalue weighted by Gasteiger charge is -2.11. The fraction of sp³-hybridized carbons (Fsp3) is 0.467. The molecule has 2 rings (SSSR count). The third-order valence-electron chi connectivity index (χ3n) is 3.31. The largest absolute Gasteiger partial charge is 0.495 e. The second-order valence-electron chi connectivity index (χ2n) is 4.96. The van der Waals surface area contributed by atoms with E-state index in [1.165, 1.54) is 26.0 Å². The normalized spacial score (nSPS) is 14.4. The van der Waals surface area contributed by atoms with Crippen LogP contribution in [-0.2, 0) is 10.0 Å². The fourth-order valence-corrected chi connectivity index (χ4v) is 3.23. The average molecular weight is 309 g/mol. The Kier molecular flexibility index (Phi) is 5.23. The molecule has 0 heterocycles. The Bertz CT molecular complexity index is 654. The first kappa shape index (κ1) is 15.8. The van der Waals surface area contributed by atoms with Gasteiger partial charge < -0.3 is 9.84 Å². The molecule has 5 nitrogen and oxygen atoms in total. The number of hydrogen-bond donors (Lipinski definition) is 2. The highest BCUT2D eigenvalue weighted by Gasteiger charge is 2.23. The molecule has 1 aliphatic carbocycles. The lowest BCUT2D eigenvalue weighted by Crippen LogP contribution is -2.25. The minimum atomic E-state index is -3.62. The van der Waals surface area contributed by atoms with Gasteiger partial charge >= 0.3 is 0 Å². The Labute approximate surface area is 125 Å². The fourth-order valence-electron chi connectivity index (χ4n) is 1.99. The van der Waals surface area contributed by atoms with Crippen LogP contribution in [0.3, 0.4) is 0 Å². The van der Waals surface area contributed by atoms with E-state index < -0.39 is 10.0 Å². The van der Waals surface area contributed by atoms with Crippen LogP contribution < -0.4 is 9.46 Å². The van der Waals surface area contributed by atoms with Gasteiger partial charge in [-0.2, -0.15) is 0 Å². The van der Waals surface area contributed by atoms with Crippen molar-refractivity contribution in [2.45, 2.75) is 24.2 Å². The molecule has 0 amide bonds. The smallest absolute Gasteiger partial charge is 0.244 e. The maximum Gasteiger partial charge on any atom is 0.244 e.